The fourth-order valence-electron chi connectivity index (χ4n) is 4.34. The van der Waals surface area contributed by atoms with Crippen molar-refractivity contribution < 1.29 is 28.6 Å². The molecular formula is C30H28N4O6. The number of imide groups is 1. The first-order valence-electron chi connectivity index (χ1n) is 12.5. The van der Waals surface area contributed by atoms with Crippen molar-refractivity contribution in [2.75, 3.05) is 27.4 Å². The van der Waals surface area contributed by atoms with Crippen molar-refractivity contribution in [3.05, 3.63) is 77.0 Å². The molecule has 0 saturated carbocycles. The van der Waals surface area contributed by atoms with Gasteiger partial charge in [0.25, 0.3) is 11.8 Å². The molecule has 0 radical (unpaired) electrons. The number of methoxy groups -OCH3 is 2. The minimum atomic E-state index is -0.676. The topological polar surface area (TPSA) is 124 Å². The molecule has 204 valence electrons. The van der Waals surface area contributed by atoms with Crippen LogP contribution in [0.15, 0.2) is 71.4 Å². The molecule has 0 saturated heterocycles. The maximum Gasteiger partial charge on any atom is 0.302 e. The number of benzene rings is 2. The van der Waals surface area contributed by atoms with Crippen LogP contribution in [0.3, 0.4) is 0 Å². The van der Waals surface area contributed by atoms with E-state index in [9.17, 15) is 19.6 Å². The smallest absolute Gasteiger partial charge is 0.302 e. The molecule has 0 N–H and O–H groups in total. The van der Waals surface area contributed by atoms with Crippen molar-refractivity contribution in [1.29, 1.82) is 5.26 Å². The first-order chi connectivity index (χ1) is 19.3. The molecule has 0 atom stereocenters. The van der Waals surface area contributed by atoms with Gasteiger partial charge in [0.05, 0.1) is 26.5 Å². The maximum absolute atomic E-state index is 13.6. The molecule has 2 amide bonds. The Morgan fingerprint density at radius 2 is 1.77 bits per heavy atom. The van der Waals surface area contributed by atoms with Crippen LogP contribution in [0.1, 0.15) is 25.8 Å². The molecule has 0 bridgehead atoms. The summed E-state index contributed by atoms with van der Waals surface area (Å²) in [6.07, 6.45) is 3.66. The second-order valence-corrected chi connectivity index (χ2v) is 8.91. The van der Waals surface area contributed by atoms with Gasteiger partial charge >= 0.3 is 5.97 Å². The molecule has 0 aliphatic carbocycles. The Kier molecular flexibility index (Phi) is 8.45. The van der Waals surface area contributed by atoms with E-state index in [4.69, 9.17) is 19.3 Å². The van der Waals surface area contributed by atoms with E-state index in [1.54, 1.807) is 50.2 Å². The van der Waals surface area contributed by atoms with Crippen LogP contribution in [-0.2, 0) is 19.1 Å². The zero-order valence-electron chi connectivity index (χ0n) is 22.6. The summed E-state index contributed by atoms with van der Waals surface area (Å²) in [5.41, 5.74) is 2.99. The van der Waals surface area contributed by atoms with Crippen LogP contribution in [0.2, 0.25) is 0 Å². The molecule has 40 heavy (non-hydrogen) atoms. The second kappa shape index (κ2) is 12.1. The molecule has 3 aromatic rings. The van der Waals surface area contributed by atoms with Crippen LogP contribution in [0.5, 0.6) is 11.5 Å². The summed E-state index contributed by atoms with van der Waals surface area (Å²) in [5.74, 6) is -0.617. The van der Waals surface area contributed by atoms with Gasteiger partial charge < -0.3 is 14.2 Å². The van der Waals surface area contributed by atoms with Crippen LogP contribution < -0.4 is 9.47 Å². The first kappa shape index (κ1) is 27.9. The molecule has 0 unspecified atom stereocenters. The number of aromatic nitrogens is 2. The zero-order valence-corrected chi connectivity index (χ0v) is 22.6. The monoisotopic (exact) mass is 540 g/mol. The van der Waals surface area contributed by atoms with E-state index in [-0.39, 0.29) is 36.3 Å². The van der Waals surface area contributed by atoms with E-state index in [2.05, 4.69) is 0 Å². The summed E-state index contributed by atoms with van der Waals surface area (Å²) >= 11 is 0. The van der Waals surface area contributed by atoms with Gasteiger partial charge in [-0.05, 0) is 55.3 Å². The summed E-state index contributed by atoms with van der Waals surface area (Å²) in [6, 6.07) is 16.8. The number of nitrogens with zero attached hydrogens (tertiary/aromatic N) is 4. The van der Waals surface area contributed by atoms with Gasteiger partial charge in [0.1, 0.15) is 17.3 Å². The van der Waals surface area contributed by atoms with Crippen molar-refractivity contribution >= 4 is 23.9 Å². The van der Waals surface area contributed by atoms with Crippen molar-refractivity contribution in [1.82, 2.24) is 14.7 Å². The van der Waals surface area contributed by atoms with Crippen LogP contribution in [-0.4, -0.2) is 59.8 Å². The molecular weight excluding hydrogens is 512 g/mol. The normalized spacial score (nSPS) is 14.4. The van der Waals surface area contributed by atoms with Gasteiger partial charge in [-0.15, -0.1) is 0 Å². The van der Waals surface area contributed by atoms with E-state index in [0.29, 0.717) is 28.3 Å². The lowest BCUT2D eigenvalue weighted by Crippen LogP contribution is -2.43. The number of carbonyl (C=O) groups excluding carboxylic acids is 3. The van der Waals surface area contributed by atoms with E-state index < -0.39 is 17.8 Å². The standard InChI is InChI=1S/C30H28N4O6/c1-19-24(29(36)33(30(37)25(19)17-31)13-8-14-40-20(2)35)15-22-18-34(23-9-6-5-7-10-23)32-28(22)21-11-12-26(38-3)27(16-21)39-4/h5-7,9-12,15-16,18H,8,13-14H2,1-4H3/b24-15+. The summed E-state index contributed by atoms with van der Waals surface area (Å²) in [7, 11) is 3.09. The number of esters is 1. The van der Waals surface area contributed by atoms with Crippen molar-refractivity contribution in [2.24, 2.45) is 0 Å². The molecule has 1 aromatic heterocycles. The maximum atomic E-state index is 13.6. The predicted octanol–water partition coefficient (Wildman–Crippen LogP) is 4.10. The van der Waals surface area contributed by atoms with Crippen molar-refractivity contribution in [3.8, 4) is 34.5 Å². The lowest BCUT2D eigenvalue weighted by molar-refractivity contribution is -0.141. The second-order valence-electron chi connectivity index (χ2n) is 8.91. The van der Waals surface area contributed by atoms with Gasteiger partial charge in [0, 0.05) is 36.4 Å². The van der Waals surface area contributed by atoms with E-state index >= 15 is 0 Å². The number of rotatable bonds is 9. The number of ether oxygens (including phenoxy) is 3. The molecule has 0 fully saturated rings. The number of amides is 2. The Hall–Kier alpha value is -5.17. The Balaban J connectivity index is 1.83. The third-order valence-corrected chi connectivity index (χ3v) is 6.38. The predicted molar refractivity (Wildman–Crippen MR) is 146 cm³/mol. The molecule has 0 spiro atoms. The number of para-hydroxylation sites is 1. The Morgan fingerprint density at radius 1 is 1.05 bits per heavy atom. The van der Waals surface area contributed by atoms with E-state index in [1.165, 1.54) is 6.92 Å². The van der Waals surface area contributed by atoms with Crippen molar-refractivity contribution in [2.45, 2.75) is 20.3 Å². The van der Waals surface area contributed by atoms with E-state index in [0.717, 1.165) is 10.6 Å². The van der Waals surface area contributed by atoms with Crippen LogP contribution in [0, 0.1) is 11.3 Å². The zero-order chi connectivity index (χ0) is 28.8. The first-order valence-corrected chi connectivity index (χ1v) is 12.5. The lowest BCUT2D eigenvalue weighted by atomic mass is 9.93. The quantitative estimate of drug-likeness (QED) is 0.172. The highest BCUT2D eigenvalue weighted by atomic mass is 16.5. The van der Waals surface area contributed by atoms with E-state index in [1.807, 2.05) is 42.5 Å². The molecule has 10 heteroatoms. The molecule has 1 aliphatic rings. The Labute approximate surface area is 231 Å². The van der Waals surface area contributed by atoms with Gasteiger partial charge in [-0.1, -0.05) is 18.2 Å². The van der Waals surface area contributed by atoms with Gasteiger partial charge in [0.2, 0.25) is 0 Å². The summed E-state index contributed by atoms with van der Waals surface area (Å²) < 4.78 is 17.5. The highest BCUT2D eigenvalue weighted by Gasteiger charge is 2.35. The Morgan fingerprint density at radius 3 is 2.42 bits per heavy atom. The summed E-state index contributed by atoms with van der Waals surface area (Å²) in [5, 5.41) is 14.6. The number of nitriles is 1. The highest BCUT2D eigenvalue weighted by Crippen LogP contribution is 2.35. The number of carbonyl (C=O) groups is 3. The van der Waals surface area contributed by atoms with Crippen molar-refractivity contribution in [3.63, 3.8) is 0 Å². The van der Waals surface area contributed by atoms with Gasteiger partial charge in [-0.3, -0.25) is 19.3 Å². The van der Waals surface area contributed by atoms with Gasteiger partial charge in [-0.25, -0.2) is 4.68 Å². The minimum absolute atomic E-state index is 0.00738. The minimum Gasteiger partial charge on any atom is -0.493 e. The van der Waals surface area contributed by atoms with Crippen LogP contribution in [0.4, 0.5) is 0 Å². The highest BCUT2D eigenvalue weighted by molar-refractivity contribution is 6.19. The van der Waals surface area contributed by atoms with Gasteiger partial charge in [-0.2, -0.15) is 10.4 Å². The summed E-state index contributed by atoms with van der Waals surface area (Å²) in [4.78, 5) is 38.6. The SMILES string of the molecule is COc1ccc(-c2nn(-c3ccccc3)cc2/C=C2/C(=O)N(CCCOC(C)=O)C(=O)C(C#N)=C2C)cc1OC. The summed E-state index contributed by atoms with van der Waals surface area (Å²) in [6.45, 7) is 2.90. The van der Waals surface area contributed by atoms with Gasteiger partial charge in [0.15, 0.2) is 11.5 Å². The fourth-order valence-corrected chi connectivity index (χ4v) is 4.34. The Bertz CT molecular complexity index is 1560. The fraction of sp³-hybridized carbons (Fsp3) is 0.233. The molecule has 4 rings (SSSR count). The molecule has 2 aromatic carbocycles. The number of hydrogen-bond donors (Lipinski definition) is 0. The van der Waals surface area contributed by atoms with Crippen LogP contribution in [0.25, 0.3) is 23.0 Å². The molecule has 1 aliphatic heterocycles. The molecule has 2 heterocycles. The third-order valence-electron chi connectivity index (χ3n) is 6.38. The molecule has 10 nitrogen and oxygen atoms in total. The largest absolute Gasteiger partial charge is 0.493 e. The lowest BCUT2D eigenvalue weighted by Gasteiger charge is -2.27. The average molecular weight is 541 g/mol. The van der Waals surface area contributed by atoms with Crippen LogP contribution >= 0.6 is 0 Å². The third kappa shape index (κ3) is 5.63. The number of hydrogen-bond acceptors (Lipinski definition) is 8. The average Bonchev–Trinajstić information content (AvgIpc) is 3.39.